The first-order valence-corrected chi connectivity index (χ1v) is 3.89. The third-order valence-corrected chi connectivity index (χ3v) is 1.81. The van der Waals surface area contributed by atoms with Crippen LogP contribution in [0, 0.1) is 6.92 Å². The third kappa shape index (κ3) is 1.86. The highest BCUT2D eigenvalue weighted by atomic mass is 19.3. The molecule has 0 aliphatic carbocycles. The van der Waals surface area contributed by atoms with Gasteiger partial charge in [-0.05, 0) is 12.5 Å². The van der Waals surface area contributed by atoms with Crippen LogP contribution >= 0.6 is 0 Å². The van der Waals surface area contributed by atoms with E-state index in [1.807, 2.05) is 0 Å². The van der Waals surface area contributed by atoms with Crippen LogP contribution in [0.25, 0.3) is 0 Å². The molecule has 0 unspecified atom stereocenters. The number of carbonyl (C=O) groups is 1. The van der Waals surface area contributed by atoms with Crippen LogP contribution in [0.3, 0.4) is 0 Å². The molecule has 0 amide bonds. The molecule has 0 radical (unpaired) electrons. The number of aldehydes is 1. The molecule has 0 atom stereocenters. The van der Waals surface area contributed by atoms with Crippen molar-refractivity contribution in [3.8, 4) is 5.88 Å². The Morgan fingerprint density at radius 3 is 2.64 bits per heavy atom. The fraction of sp³-hybridized carbons (Fsp3) is 0.333. The minimum atomic E-state index is -2.70. The van der Waals surface area contributed by atoms with Crippen molar-refractivity contribution in [1.29, 1.82) is 0 Å². The summed E-state index contributed by atoms with van der Waals surface area (Å²) in [6.07, 6.45) is -2.40. The Kier molecular flexibility index (Phi) is 3.11. The van der Waals surface area contributed by atoms with E-state index < -0.39 is 6.43 Å². The van der Waals surface area contributed by atoms with Crippen molar-refractivity contribution in [3.05, 3.63) is 22.9 Å². The van der Waals surface area contributed by atoms with E-state index >= 15 is 0 Å². The predicted molar refractivity (Wildman–Crippen MR) is 45.9 cm³/mol. The summed E-state index contributed by atoms with van der Waals surface area (Å²) in [5.41, 5.74) is -0.299. The van der Waals surface area contributed by atoms with Crippen LogP contribution in [-0.4, -0.2) is 18.4 Å². The number of aryl methyl sites for hydroxylation is 1. The third-order valence-electron chi connectivity index (χ3n) is 1.81. The number of aromatic nitrogens is 1. The molecule has 0 fully saturated rings. The van der Waals surface area contributed by atoms with Crippen molar-refractivity contribution in [2.24, 2.45) is 0 Å². The summed E-state index contributed by atoms with van der Waals surface area (Å²) in [5, 5.41) is 0. The van der Waals surface area contributed by atoms with Gasteiger partial charge in [-0.15, -0.1) is 0 Å². The molecule has 0 aromatic carbocycles. The van der Waals surface area contributed by atoms with Gasteiger partial charge in [-0.3, -0.25) is 4.79 Å². The topological polar surface area (TPSA) is 39.2 Å². The Labute approximate surface area is 79.7 Å². The number of nitrogens with zero attached hydrogens (tertiary/aromatic N) is 1. The second kappa shape index (κ2) is 4.13. The molecule has 0 aliphatic heterocycles. The average Bonchev–Trinajstić information content (AvgIpc) is 2.15. The lowest BCUT2D eigenvalue weighted by Gasteiger charge is -2.08. The Morgan fingerprint density at radius 1 is 1.57 bits per heavy atom. The molecule has 0 N–H and O–H groups in total. The molecule has 0 spiro atoms. The molecule has 0 bridgehead atoms. The van der Waals surface area contributed by atoms with Gasteiger partial charge in [0, 0.05) is 11.6 Å². The van der Waals surface area contributed by atoms with Crippen molar-refractivity contribution < 1.29 is 18.3 Å². The molecule has 5 heteroatoms. The van der Waals surface area contributed by atoms with E-state index in [1.165, 1.54) is 20.1 Å². The number of methoxy groups -OCH3 is 1. The van der Waals surface area contributed by atoms with Crippen molar-refractivity contribution >= 4 is 6.29 Å². The second-order valence-electron chi connectivity index (χ2n) is 2.70. The predicted octanol–water partition coefficient (Wildman–Crippen LogP) is 2.15. The largest absolute Gasteiger partial charge is 0.481 e. The highest BCUT2D eigenvalue weighted by molar-refractivity contribution is 5.75. The lowest BCUT2D eigenvalue weighted by molar-refractivity contribution is 0.110. The number of ether oxygens (including phenoxy) is 1. The molecule has 0 aliphatic rings. The molecular weight excluding hydrogens is 192 g/mol. The second-order valence-corrected chi connectivity index (χ2v) is 2.70. The lowest BCUT2D eigenvalue weighted by atomic mass is 10.1. The van der Waals surface area contributed by atoms with Gasteiger partial charge in [0.15, 0.2) is 6.29 Å². The summed E-state index contributed by atoms with van der Waals surface area (Å²) < 4.78 is 29.7. The van der Waals surface area contributed by atoms with Gasteiger partial charge in [-0.2, -0.15) is 0 Å². The van der Waals surface area contributed by atoms with Crippen LogP contribution in [-0.2, 0) is 0 Å². The first-order chi connectivity index (χ1) is 6.60. The Morgan fingerprint density at radius 2 is 2.21 bits per heavy atom. The quantitative estimate of drug-likeness (QED) is 0.703. The minimum absolute atomic E-state index is 0.161. The van der Waals surface area contributed by atoms with Gasteiger partial charge in [-0.25, -0.2) is 13.8 Å². The highest BCUT2D eigenvalue weighted by Gasteiger charge is 2.18. The molecular formula is C9H9F2NO2. The minimum Gasteiger partial charge on any atom is -0.481 e. The Bertz CT molecular complexity index is 353. The molecule has 1 aromatic rings. The number of halogens is 2. The van der Waals surface area contributed by atoms with E-state index in [-0.39, 0.29) is 17.1 Å². The van der Waals surface area contributed by atoms with Crippen LogP contribution in [0.1, 0.15) is 28.0 Å². The number of rotatable bonds is 3. The van der Waals surface area contributed by atoms with Crippen molar-refractivity contribution in [2.75, 3.05) is 7.11 Å². The van der Waals surface area contributed by atoms with E-state index in [0.717, 1.165) is 0 Å². The summed E-state index contributed by atoms with van der Waals surface area (Å²) in [6, 6.07) is 1.37. The zero-order valence-electron chi connectivity index (χ0n) is 7.75. The molecule has 1 aromatic heterocycles. The van der Waals surface area contributed by atoms with Gasteiger partial charge in [-0.1, -0.05) is 0 Å². The number of pyridine rings is 1. The Balaban J connectivity index is 3.34. The number of hydrogen-bond donors (Lipinski definition) is 0. The SMILES string of the molecule is COc1cc(C)c(C(F)F)c(C=O)n1. The number of alkyl halides is 2. The van der Waals surface area contributed by atoms with Gasteiger partial charge in [0.05, 0.1) is 7.11 Å². The summed E-state index contributed by atoms with van der Waals surface area (Å²) in [5.74, 6) is 0.161. The standard InChI is InChI=1S/C9H9F2NO2/c1-5-3-7(14-2)12-6(4-13)8(5)9(10)11/h3-4,9H,1-2H3. The van der Waals surface area contributed by atoms with E-state index in [1.54, 1.807) is 0 Å². The van der Waals surface area contributed by atoms with Gasteiger partial charge < -0.3 is 4.74 Å². The van der Waals surface area contributed by atoms with E-state index in [0.29, 0.717) is 11.8 Å². The average molecular weight is 201 g/mol. The molecule has 1 rings (SSSR count). The molecule has 0 saturated carbocycles. The summed E-state index contributed by atoms with van der Waals surface area (Å²) in [4.78, 5) is 14.1. The molecule has 0 saturated heterocycles. The van der Waals surface area contributed by atoms with Crippen molar-refractivity contribution in [3.63, 3.8) is 0 Å². The maximum Gasteiger partial charge on any atom is 0.266 e. The summed E-state index contributed by atoms with van der Waals surface area (Å²) in [7, 11) is 1.36. The van der Waals surface area contributed by atoms with E-state index in [4.69, 9.17) is 4.74 Å². The first kappa shape index (κ1) is 10.6. The summed E-state index contributed by atoms with van der Waals surface area (Å²) in [6.45, 7) is 1.48. The van der Waals surface area contributed by atoms with Crippen LogP contribution in [0.2, 0.25) is 0 Å². The maximum atomic E-state index is 12.5. The highest BCUT2D eigenvalue weighted by Crippen LogP contribution is 2.26. The Hall–Kier alpha value is -1.52. The fourth-order valence-corrected chi connectivity index (χ4v) is 1.15. The number of hydrogen-bond acceptors (Lipinski definition) is 3. The van der Waals surface area contributed by atoms with Gasteiger partial charge in [0.25, 0.3) is 6.43 Å². The lowest BCUT2D eigenvalue weighted by Crippen LogP contribution is -2.02. The van der Waals surface area contributed by atoms with Gasteiger partial charge in [0.2, 0.25) is 5.88 Å². The monoisotopic (exact) mass is 201 g/mol. The van der Waals surface area contributed by atoms with Crippen LogP contribution in [0.5, 0.6) is 5.88 Å². The molecule has 14 heavy (non-hydrogen) atoms. The fourth-order valence-electron chi connectivity index (χ4n) is 1.15. The van der Waals surface area contributed by atoms with Crippen LogP contribution in [0.15, 0.2) is 6.07 Å². The normalized spacial score (nSPS) is 10.4. The smallest absolute Gasteiger partial charge is 0.266 e. The van der Waals surface area contributed by atoms with E-state index in [9.17, 15) is 13.6 Å². The first-order valence-electron chi connectivity index (χ1n) is 3.89. The van der Waals surface area contributed by atoms with Crippen molar-refractivity contribution in [1.82, 2.24) is 4.98 Å². The van der Waals surface area contributed by atoms with Crippen molar-refractivity contribution in [2.45, 2.75) is 13.3 Å². The van der Waals surface area contributed by atoms with E-state index in [2.05, 4.69) is 4.98 Å². The van der Waals surface area contributed by atoms with Crippen LogP contribution in [0.4, 0.5) is 8.78 Å². The molecule has 3 nitrogen and oxygen atoms in total. The van der Waals surface area contributed by atoms with Crippen LogP contribution < -0.4 is 4.74 Å². The maximum absolute atomic E-state index is 12.5. The van der Waals surface area contributed by atoms with Gasteiger partial charge in [0.1, 0.15) is 5.69 Å². The zero-order chi connectivity index (χ0) is 10.7. The molecule has 1 heterocycles. The zero-order valence-corrected chi connectivity index (χ0v) is 7.75. The van der Waals surface area contributed by atoms with Gasteiger partial charge >= 0.3 is 0 Å². The molecule has 76 valence electrons. The number of carbonyl (C=O) groups excluding carboxylic acids is 1. The summed E-state index contributed by atoms with van der Waals surface area (Å²) >= 11 is 0.